The first-order valence-electron chi connectivity index (χ1n) is 8.67. The maximum atomic E-state index is 13.0. The molecule has 0 aromatic heterocycles. The Hall–Kier alpha value is -4.05. The minimum Gasteiger partial charge on any atom is -0.493 e. The van der Waals surface area contributed by atoms with Gasteiger partial charge in [-0.2, -0.15) is 0 Å². The highest BCUT2D eigenvalue weighted by Gasteiger charge is 2.37. The Morgan fingerprint density at radius 3 is 2.59 bits per heavy atom. The normalized spacial score (nSPS) is 15.1. The number of methoxy groups -OCH3 is 1. The molecular formula is C22H18N2O5. The molecule has 0 saturated carbocycles. The van der Waals surface area contributed by atoms with Gasteiger partial charge in [0.15, 0.2) is 11.5 Å². The molecule has 2 aromatic carbocycles. The lowest BCUT2D eigenvalue weighted by atomic mass is 10.1. The molecule has 0 bridgehead atoms. The monoisotopic (exact) mass is 390 g/mol. The Labute approximate surface area is 167 Å². The van der Waals surface area contributed by atoms with E-state index >= 15 is 0 Å². The number of nitrogens with zero attached hydrogens (tertiary/aromatic N) is 1. The van der Waals surface area contributed by atoms with Crippen LogP contribution >= 0.6 is 0 Å². The molecule has 0 aliphatic carbocycles. The molecular weight excluding hydrogens is 372 g/mol. The zero-order valence-electron chi connectivity index (χ0n) is 15.9. The first kappa shape index (κ1) is 19.7. The van der Waals surface area contributed by atoms with Gasteiger partial charge in [-0.25, -0.2) is 9.69 Å². The van der Waals surface area contributed by atoms with Crippen LogP contribution in [0.1, 0.15) is 11.1 Å². The van der Waals surface area contributed by atoms with Crippen molar-refractivity contribution < 1.29 is 23.9 Å². The molecule has 0 radical (unpaired) electrons. The standard InChI is InChI=1S/C22H18N2O5/c1-4-11-29-18-10-9-15(13-19(18)28-3)12-16-20(25)23-22(27)24(21(16)26)17-8-6-5-7-14(17)2/h1,5-10,12-13H,11H2,2-3H3,(H,23,25,27)/b16-12+. The predicted octanol–water partition coefficient (Wildman–Crippen LogP) is 2.68. The number of amides is 4. The topological polar surface area (TPSA) is 84.9 Å². The fourth-order valence-electron chi connectivity index (χ4n) is 2.87. The van der Waals surface area contributed by atoms with Gasteiger partial charge in [-0.1, -0.05) is 30.2 Å². The van der Waals surface area contributed by atoms with Crippen LogP contribution in [0, 0.1) is 19.3 Å². The number of carbonyl (C=O) groups excluding carboxylic acids is 3. The van der Waals surface area contributed by atoms with Gasteiger partial charge in [0.05, 0.1) is 12.8 Å². The number of terminal acetylenes is 1. The number of benzene rings is 2. The van der Waals surface area contributed by atoms with E-state index in [-0.39, 0.29) is 12.2 Å². The highest BCUT2D eigenvalue weighted by atomic mass is 16.5. The van der Waals surface area contributed by atoms with Crippen LogP contribution in [0.15, 0.2) is 48.0 Å². The van der Waals surface area contributed by atoms with Crippen molar-refractivity contribution in [1.82, 2.24) is 5.32 Å². The lowest BCUT2D eigenvalue weighted by Crippen LogP contribution is -2.54. The van der Waals surface area contributed by atoms with Gasteiger partial charge in [-0.3, -0.25) is 14.9 Å². The van der Waals surface area contributed by atoms with Crippen LogP contribution in [0.2, 0.25) is 0 Å². The van der Waals surface area contributed by atoms with Gasteiger partial charge >= 0.3 is 6.03 Å². The number of ether oxygens (including phenoxy) is 2. The van der Waals surface area contributed by atoms with Crippen LogP contribution in [-0.2, 0) is 9.59 Å². The maximum absolute atomic E-state index is 13.0. The van der Waals surface area contributed by atoms with Gasteiger partial charge in [0, 0.05) is 0 Å². The first-order chi connectivity index (χ1) is 14.0. The summed E-state index contributed by atoms with van der Waals surface area (Å²) in [5.41, 5.74) is 1.48. The Bertz CT molecular complexity index is 1070. The Balaban J connectivity index is 1.99. The summed E-state index contributed by atoms with van der Waals surface area (Å²) in [6.45, 7) is 1.85. The number of urea groups is 1. The molecule has 29 heavy (non-hydrogen) atoms. The van der Waals surface area contributed by atoms with Crippen molar-refractivity contribution in [3.8, 4) is 23.8 Å². The van der Waals surface area contributed by atoms with Crippen molar-refractivity contribution in [3.05, 3.63) is 59.2 Å². The van der Waals surface area contributed by atoms with Crippen LogP contribution in [0.3, 0.4) is 0 Å². The lowest BCUT2D eigenvalue weighted by Gasteiger charge is -2.27. The molecule has 7 nitrogen and oxygen atoms in total. The second kappa shape index (κ2) is 8.31. The van der Waals surface area contributed by atoms with Gasteiger partial charge in [0.2, 0.25) is 0 Å². The summed E-state index contributed by atoms with van der Waals surface area (Å²) in [4.78, 5) is 38.5. The summed E-state index contributed by atoms with van der Waals surface area (Å²) in [6.07, 6.45) is 6.59. The third-order valence-electron chi connectivity index (χ3n) is 4.27. The molecule has 146 valence electrons. The molecule has 2 aromatic rings. The quantitative estimate of drug-likeness (QED) is 0.482. The third-order valence-corrected chi connectivity index (χ3v) is 4.27. The third kappa shape index (κ3) is 3.96. The minimum absolute atomic E-state index is 0.0746. The van der Waals surface area contributed by atoms with E-state index in [1.165, 1.54) is 13.2 Å². The number of imide groups is 2. The molecule has 7 heteroatoms. The number of barbiturate groups is 1. The number of aryl methyl sites for hydroxylation is 1. The number of rotatable bonds is 5. The molecule has 0 atom stereocenters. The van der Waals surface area contributed by atoms with E-state index in [0.29, 0.717) is 22.7 Å². The summed E-state index contributed by atoms with van der Waals surface area (Å²) < 4.78 is 10.7. The zero-order valence-corrected chi connectivity index (χ0v) is 15.9. The Morgan fingerprint density at radius 1 is 1.14 bits per heavy atom. The highest BCUT2D eigenvalue weighted by molar-refractivity contribution is 6.39. The van der Waals surface area contributed by atoms with E-state index in [1.807, 2.05) is 0 Å². The van der Waals surface area contributed by atoms with Crippen molar-refractivity contribution in [2.45, 2.75) is 6.92 Å². The van der Waals surface area contributed by atoms with Crippen molar-refractivity contribution in [3.63, 3.8) is 0 Å². The second-order valence-electron chi connectivity index (χ2n) is 6.15. The van der Waals surface area contributed by atoms with E-state index in [1.54, 1.807) is 49.4 Å². The molecule has 1 N–H and O–H groups in total. The van der Waals surface area contributed by atoms with E-state index < -0.39 is 17.8 Å². The number of carbonyl (C=O) groups is 3. The number of hydrogen-bond acceptors (Lipinski definition) is 5. The van der Waals surface area contributed by atoms with Crippen LogP contribution in [0.25, 0.3) is 6.08 Å². The molecule has 1 fully saturated rings. The van der Waals surface area contributed by atoms with Crippen molar-refractivity contribution in [1.29, 1.82) is 0 Å². The van der Waals surface area contributed by atoms with Crippen molar-refractivity contribution in [2.24, 2.45) is 0 Å². The first-order valence-corrected chi connectivity index (χ1v) is 8.67. The fourth-order valence-corrected chi connectivity index (χ4v) is 2.87. The Morgan fingerprint density at radius 2 is 1.90 bits per heavy atom. The molecule has 0 unspecified atom stereocenters. The smallest absolute Gasteiger partial charge is 0.335 e. The van der Waals surface area contributed by atoms with Gasteiger partial charge in [0.1, 0.15) is 12.2 Å². The van der Waals surface area contributed by atoms with Gasteiger partial charge in [-0.15, -0.1) is 6.42 Å². The summed E-state index contributed by atoms with van der Waals surface area (Å²) in [6, 6.07) is 11.0. The number of hydrogen-bond donors (Lipinski definition) is 1. The van der Waals surface area contributed by atoms with Crippen LogP contribution in [-0.4, -0.2) is 31.6 Å². The lowest BCUT2D eigenvalue weighted by molar-refractivity contribution is -0.122. The van der Waals surface area contributed by atoms with Crippen LogP contribution in [0.5, 0.6) is 11.5 Å². The van der Waals surface area contributed by atoms with E-state index in [4.69, 9.17) is 15.9 Å². The average molecular weight is 390 g/mol. The molecule has 1 aliphatic heterocycles. The Kier molecular flexibility index (Phi) is 5.65. The van der Waals surface area contributed by atoms with E-state index in [2.05, 4.69) is 11.2 Å². The highest BCUT2D eigenvalue weighted by Crippen LogP contribution is 2.30. The largest absolute Gasteiger partial charge is 0.493 e. The fraction of sp³-hybridized carbons (Fsp3) is 0.136. The molecule has 1 saturated heterocycles. The van der Waals surface area contributed by atoms with Gasteiger partial charge in [-0.05, 0) is 42.3 Å². The predicted molar refractivity (Wildman–Crippen MR) is 108 cm³/mol. The van der Waals surface area contributed by atoms with Crippen LogP contribution < -0.4 is 19.7 Å². The summed E-state index contributed by atoms with van der Waals surface area (Å²) in [5, 5.41) is 2.20. The summed E-state index contributed by atoms with van der Waals surface area (Å²) >= 11 is 0. The number of anilines is 1. The summed E-state index contributed by atoms with van der Waals surface area (Å²) in [5.74, 6) is 1.72. The van der Waals surface area contributed by atoms with Gasteiger partial charge in [0.25, 0.3) is 11.8 Å². The molecule has 3 rings (SSSR count). The van der Waals surface area contributed by atoms with Crippen LogP contribution in [0.4, 0.5) is 10.5 Å². The van der Waals surface area contributed by atoms with Crippen molar-refractivity contribution >= 4 is 29.6 Å². The zero-order chi connectivity index (χ0) is 21.0. The molecule has 4 amide bonds. The molecule has 0 spiro atoms. The number of para-hydroxylation sites is 1. The maximum Gasteiger partial charge on any atom is 0.335 e. The SMILES string of the molecule is C#CCOc1ccc(/C=C2\C(=O)NC(=O)N(c3ccccc3C)C2=O)cc1OC. The van der Waals surface area contributed by atoms with E-state index in [9.17, 15) is 14.4 Å². The second-order valence-corrected chi connectivity index (χ2v) is 6.15. The molecule has 1 aliphatic rings. The molecule has 1 heterocycles. The van der Waals surface area contributed by atoms with Crippen molar-refractivity contribution in [2.75, 3.05) is 18.6 Å². The number of nitrogens with one attached hydrogen (secondary N) is 1. The minimum atomic E-state index is -0.790. The van der Waals surface area contributed by atoms with E-state index in [0.717, 1.165) is 10.5 Å². The van der Waals surface area contributed by atoms with Gasteiger partial charge < -0.3 is 9.47 Å². The summed E-state index contributed by atoms with van der Waals surface area (Å²) in [7, 11) is 1.46. The average Bonchev–Trinajstić information content (AvgIpc) is 2.71.